The van der Waals surface area contributed by atoms with E-state index in [0.29, 0.717) is 5.56 Å². The lowest BCUT2D eigenvalue weighted by Crippen LogP contribution is -2.41. The summed E-state index contributed by atoms with van der Waals surface area (Å²) >= 11 is 0. The van der Waals surface area contributed by atoms with Gasteiger partial charge >= 0.3 is 6.03 Å². The first-order valence-corrected chi connectivity index (χ1v) is 9.34. The SMILES string of the molecule is COc1ccc(C(=O)CN2C(=O)NC(C)(c3cccc4ccccc34)C2=O)cc1F. The summed E-state index contributed by atoms with van der Waals surface area (Å²) in [6.07, 6.45) is 0. The molecule has 1 saturated heterocycles. The summed E-state index contributed by atoms with van der Waals surface area (Å²) in [7, 11) is 1.32. The smallest absolute Gasteiger partial charge is 0.325 e. The molecule has 0 saturated carbocycles. The molecule has 3 amide bonds. The van der Waals surface area contributed by atoms with Crippen molar-refractivity contribution in [3.8, 4) is 5.75 Å². The van der Waals surface area contributed by atoms with Crippen molar-refractivity contribution < 1.29 is 23.5 Å². The Hall–Kier alpha value is -3.74. The van der Waals surface area contributed by atoms with Crippen LogP contribution in [0.2, 0.25) is 0 Å². The van der Waals surface area contributed by atoms with E-state index < -0.39 is 35.6 Å². The molecule has 0 radical (unpaired) electrons. The van der Waals surface area contributed by atoms with Gasteiger partial charge in [0.1, 0.15) is 5.54 Å². The van der Waals surface area contributed by atoms with E-state index in [1.54, 1.807) is 13.0 Å². The molecule has 152 valence electrons. The molecule has 1 heterocycles. The van der Waals surface area contributed by atoms with Crippen molar-refractivity contribution >= 4 is 28.5 Å². The van der Waals surface area contributed by atoms with Crippen LogP contribution in [0.15, 0.2) is 60.7 Å². The number of imide groups is 1. The summed E-state index contributed by atoms with van der Waals surface area (Å²) in [4.78, 5) is 39.3. The molecule has 0 bridgehead atoms. The van der Waals surface area contributed by atoms with E-state index in [9.17, 15) is 18.8 Å². The van der Waals surface area contributed by atoms with E-state index in [0.717, 1.165) is 21.7 Å². The van der Waals surface area contributed by atoms with Gasteiger partial charge in [-0.2, -0.15) is 0 Å². The quantitative estimate of drug-likeness (QED) is 0.519. The van der Waals surface area contributed by atoms with Gasteiger partial charge in [0.15, 0.2) is 17.3 Å². The van der Waals surface area contributed by atoms with E-state index in [2.05, 4.69) is 5.32 Å². The van der Waals surface area contributed by atoms with E-state index in [1.165, 1.54) is 19.2 Å². The van der Waals surface area contributed by atoms with Gasteiger partial charge in [-0.15, -0.1) is 0 Å². The number of nitrogens with one attached hydrogen (secondary N) is 1. The number of halogens is 1. The number of rotatable bonds is 5. The van der Waals surface area contributed by atoms with Gasteiger partial charge in [0.05, 0.1) is 13.7 Å². The van der Waals surface area contributed by atoms with Gasteiger partial charge in [0.2, 0.25) is 0 Å². The third kappa shape index (κ3) is 3.08. The average Bonchev–Trinajstić information content (AvgIpc) is 2.97. The lowest BCUT2D eigenvalue weighted by atomic mass is 9.88. The van der Waals surface area contributed by atoms with Crippen molar-refractivity contribution in [2.24, 2.45) is 0 Å². The third-order valence-electron chi connectivity index (χ3n) is 5.38. The molecule has 7 heteroatoms. The Morgan fingerprint density at radius 2 is 1.83 bits per heavy atom. The van der Waals surface area contributed by atoms with Crippen molar-refractivity contribution in [2.45, 2.75) is 12.5 Å². The molecule has 1 aliphatic rings. The van der Waals surface area contributed by atoms with Crippen LogP contribution in [0.25, 0.3) is 10.8 Å². The predicted molar refractivity (Wildman–Crippen MR) is 109 cm³/mol. The number of urea groups is 1. The largest absolute Gasteiger partial charge is 0.494 e. The summed E-state index contributed by atoms with van der Waals surface area (Å²) < 4.78 is 18.8. The van der Waals surface area contributed by atoms with Crippen molar-refractivity contribution in [1.82, 2.24) is 10.2 Å². The van der Waals surface area contributed by atoms with Crippen LogP contribution < -0.4 is 10.1 Å². The highest BCUT2D eigenvalue weighted by Gasteiger charge is 2.50. The molecule has 1 aliphatic heterocycles. The molecule has 6 nitrogen and oxygen atoms in total. The maximum Gasteiger partial charge on any atom is 0.325 e. The molecule has 1 fully saturated rings. The Morgan fingerprint density at radius 3 is 2.57 bits per heavy atom. The zero-order valence-corrected chi connectivity index (χ0v) is 16.4. The molecule has 3 aromatic rings. The Labute approximate surface area is 172 Å². The molecule has 4 rings (SSSR count). The number of benzene rings is 3. The third-order valence-corrected chi connectivity index (χ3v) is 5.38. The topological polar surface area (TPSA) is 75.7 Å². The van der Waals surface area contributed by atoms with Gasteiger partial charge in [-0.1, -0.05) is 42.5 Å². The number of amides is 3. The fourth-order valence-electron chi connectivity index (χ4n) is 3.76. The number of hydrogen-bond donors (Lipinski definition) is 1. The second-order valence-corrected chi connectivity index (χ2v) is 7.25. The standard InChI is InChI=1S/C23H19FN2O4/c1-23(17-9-5-7-14-6-3-4-8-16(14)17)21(28)26(22(29)25-23)13-19(27)15-10-11-20(30-2)18(24)12-15/h3-12H,13H2,1-2H3,(H,25,29). The van der Waals surface area contributed by atoms with Crippen molar-refractivity contribution in [1.29, 1.82) is 0 Å². The van der Waals surface area contributed by atoms with Crippen LogP contribution in [0.4, 0.5) is 9.18 Å². The first-order chi connectivity index (χ1) is 14.3. The summed E-state index contributed by atoms with van der Waals surface area (Å²) in [5, 5.41) is 4.48. The van der Waals surface area contributed by atoms with E-state index in [4.69, 9.17) is 4.74 Å². The fraction of sp³-hybridized carbons (Fsp3) is 0.174. The maximum absolute atomic E-state index is 13.9. The zero-order valence-electron chi connectivity index (χ0n) is 16.4. The highest BCUT2D eigenvalue weighted by molar-refractivity contribution is 6.12. The Morgan fingerprint density at radius 1 is 1.10 bits per heavy atom. The Balaban J connectivity index is 1.64. The second kappa shape index (κ2) is 7.26. The predicted octanol–water partition coefficient (Wildman–Crippen LogP) is 3.64. The minimum atomic E-state index is -1.32. The van der Waals surface area contributed by atoms with Crippen LogP contribution in [0.5, 0.6) is 5.75 Å². The van der Waals surface area contributed by atoms with Crippen LogP contribution in [0.3, 0.4) is 0 Å². The van der Waals surface area contributed by atoms with Crippen molar-refractivity contribution in [3.05, 3.63) is 77.6 Å². The molecule has 1 unspecified atom stereocenters. The van der Waals surface area contributed by atoms with Gasteiger partial charge in [-0.25, -0.2) is 9.18 Å². The number of hydrogen-bond acceptors (Lipinski definition) is 4. The van der Waals surface area contributed by atoms with Crippen molar-refractivity contribution in [2.75, 3.05) is 13.7 Å². The molecule has 0 aliphatic carbocycles. The molecular weight excluding hydrogens is 387 g/mol. The number of ketones is 1. The van der Waals surface area contributed by atoms with Gasteiger partial charge in [0.25, 0.3) is 5.91 Å². The average molecular weight is 406 g/mol. The monoisotopic (exact) mass is 406 g/mol. The fourth-order valence-corrected chi connectivity index (χ4v) is 3.76. The minimum Gasteiger partial charge on any atom is -0.494 e. The zero-order chi connectivity index (χ0) is 21.5. The first kappa shape index (κ1) is 19.6. The minimum absolute atomic E-state index is 0.00470. The number of nitrogens with zero attached hydrogens (tertiary/aromatic N) is 1. The number of Topliss-reactive ketones (excluding diaryl/α,β-unsaturated/α-hetero) is 1. The van der Waals surface area contributed by atoms with Gasteiger partial charge < -0.3 is 10.1 Å². The molecule has 0 spiro atoms. The maximum atomic E-state index is 13.9. The van der Waals surface area contributed by atoms with E-state index >= 15 is 0 Å². The van der Waals surface area contributed by atoms with E-state index in [1.807, 2.05) is 36.4 Å². The normalized spacial score (nSPS) is 18.6. The molecule has 1 N–H and O–H groups in total. The summed E-state index contributed by atoms with van der Waals surface area (Å²) in [6, 6.07) is 16.2. The van der Waals surface area contributed by atoms with Crippen LogP contribution in [-0.4, -0.2) is 36.3 Å². The lowest BCUT2D eigenvalue weighted by Gasteiger charge is -2.24. The summed E-state index contributed by atoms with van der Waals surface area (Å²) in [5.74, 6) is -1.78. The van der Waals surface area contributed by atoms with E-state index in [-0.39, 0.29) is 11.3 Å². The van der Waals surface area contributed by atoms with Crippen LogP contribution in [0, 0.1) is 5.82 Å². The molecule has 1 atom stereocenters. The Bertz CT molecular complexity index is 1190. The van der Waals surface area contributed by atoms with Gasteiger partial charge in [-0.05, 0) is 41.5 Å². The molecule has 0 aromatic heterocycles. The molecule has 3 aromatic carbocycles. The van der Waals surface area contributed by atoms with Crippen LogP contribution >= 0.6 is 0 Å². The molecule has 30 heavy (non-hydrogen) atoms. The Kier molecular flexibility index (Phi) is 4.73. The number of ether oxygens (including phenoxy) is 1. The lowest BCUT2D eigenvalue weighted by molar-refractivity contribution is -0.130. The van der Waals surface area contributed by atoms with Gasteiger partial charge in [-0.3, -0.25) is 14.5 Å². The highest BCUT2D eigenvalue weighted by atomic mass is 19.1. The first-order valence-electron chi connectivity index (χ1n) is 9.34. The number of methoxy groups -OCH3 is 1. The second-order valence-electron chi connectivity index (χ2n) is 7.25. The van der Waals surface area contributed by atoms with Crippen LogP contribution in [0.1, 0.15) is 22.8 Å². The van der Waals surface area contributed by atoms with Crippen LogP contribution in [-0.2, 0) is 10.3 Å². The molecular formula is C23H19FN2O4. The van der Waals surface area contributed by atoms with Gasteiger partial charge in [0, 0.05) is 5.56 Å². The van der Waals surface area contributed by atoms with Crippen molar-refractivity contribution in [3.63, 3.8) is 0 Å². The number of carbonyl (C=O) groups is 3. The summed E-state index contributed by atoms with van der Waals surface area (Å²) in [6.45, 7) is 1.13. The number of fused-ring (bicyclic) bond motifs is 1. The number of carbonyl (C=O) groups excluding carboxylic acids is 3. The highest BCUT2D eigenvalue weighted by Crippen LogP contribution is 2.34. The summed E-state index contributed by atoms with van der Waals surface area (Å²) in [5.41, 5.74) is -0.624.